The minimum atomic E-state index is -4.73. The van der Waals surface area contributed by atoms with Crippen LogP contribution >= 0.6 is 11.6 Å². The molecule has 1 saturated heterocycles. The van der Waals surface area contributed by atoms with E-state index in [1.807, 2.05) is 6.07 Å². The van der Waals surface area contributed by atoms with E-state index in [-0.39, 0.29) is 29.5 Å². The maximum absolute atomic E-state index is 14.4. The van der Waals surface area contributed by atoms with E-state index >= 15 is 0 Å². The average Bonchev–Trinajstić information content (AvgIpc) is 2.98. The van der Waals surface area contributed by atoms with Gasteiger partial charge in [-0.25, -0.2) is 4.39 Å². The van der Waals surface area contributed by atoms with Gasteiger partial charge >= 0.3 is 6.18 Å². The van der Waals surface area contributed by atoms with E-state index in [0.717, 1.165) is 18.2 Å². The molecule has 0 saturated carbocycles. The Morgan fingerprint density at radius 3 is 2.59 bits per heavy atom. The largest absolute Gasteiger partial charge is 0.416 e. The van der Waals surface area contributed by atoms with Crippen LogP contribution in [0.1, 0.15) is 23.1 Å². The van der Waals surface area contributed by atoms with Crippen LogP contribution in [-0.4, -0.2) is 30.4 Å². The highest BCUT2D eigenvalue weighted by atomic mass is 35.5. The molecule has 2 aromatic carbocycles. The summed E-state index contributed by atoms with van der Waals surface area (Å²) in [5, 5.41) is 9.17. The van der Waals surface area contributed by atoms with Gasteiger partial charge in [-0.2, -0.15) is 18.4 Å². The highest BCUT2D eigenvalue weighted by Gasteiger charge is 2.37. The van der Waals surface area contributed by atoms with Gasteiger partial charge in [-0.3, -0.25) is 4.79 Å². The summed E-state index contributed by atoms with van der Waals surface area (Å²) in [7, 11) is 1.59. The summed E-state index contributed by atoms with van der Waals surface area (Å²) in [6, 6.07) is 8.66. The van der Waals surface area contributed by atoms with Crippen LogP contribution in [-0.2, 0) is 17.5 Å². The number of nitriles is 1. The monoisotopic (exact) mass is 425 g/mol. The Labute approximate surface area is 169 Å². The summed E-state index contributed by atoms with van der Waals surface area (Å²) in [6.45, 7) is -0.137. The third-order valence-corrected chi connectivity index (χ3v) is 5.23. The van der Waals surface area contributed by atoms with Crippen molar-refractivity contribution in [3.63, 3.8) is 0 Å². The van der Waals surface area contributed by atoms with Crippen LogP contribution in [0.25, 0.3) is 0 Å². The molecule has 0 radical (unpaired) electrons. The van der Waals surface area contributed by atoms with E-state index < -0.39 is 35.7 Å². The van der Waals surface area contributed by atoms with Crippen LogP contribution in [0.15, 0.2) is 36.4 Å². The minimum Gasteiger partial charge on any atom is -0.362 e. The predicted molar refractivity (Wildman–Crippen MR) is 99.8 cm³/mol. The molecule has 1 aliphatic rings. The number of anilines is 1. The quantitative estimate of drug-likeness (QED) is 0.672. The Kier molecular flexibility index (Phi) is 5.71. The van der Waals surface area contributed by atoms with Crippen molar-refractivity contribution in [3.8, 4) is 6.07 Å². The first-order chi connectivity index (χ1) is 13.6. The van der Waals surface area contributed by atoms with E-state index in [4.69, 9.17) is 16.9 Å². The van der Waals surface area contributed by atoms with Crippen LogP contribution < -0.4 is 4.90 Å². The number of carbonyl (C=O) groups excluding carboxylic acids is 1. The lowest BCUT2D eigenvalue weighted by Gasteiger charge is -2.32. The molecule has 152 valence electrons. The summed E-state index contributed by atoms with van der Waals surface area (Å²) >= 11 is 6.10. The first-order valence-corrected chi connectivity index (χ1v) is 9.04. The smallest absolute Gasteiger partial charge is 0.362 e. The summed E-state index contributed by atoms with van der Waals surface area (Å²) in [5.74, 6) is -1.15. The Morgan fingerprint density at radius 2 is 2.03 bits per heavy atom. The van der Waals surface area contributed by atoms with Crippen LogP contribution in [0.3, 0.4) is 0 Å². The van der Waals surface area contributed by atoms with Crippen molar-refractivity contribution in [1.82, 2.24) is 4.90 Å². The van der Waals surface area contributed by atoms with E-state index in [2.05, 4.69) is 0 Å². The number of carbonyl (C=O) groups is 1. The average molecular weight is 426 g/mol. The number of amides is 1. The topological polar surface area (TPSA) is 47.3 Å². The predicted octanol–water partition coefficient (Wildman–Crippen LogP) is 4.61. The number of hydrogen-bond acceptors (Lipinski definition) is 3. The number of rotatable bonds is 4. The molecule has 0 N–H and O–H groups in total. The first-order valence-electron chi connectivity index (χ1n) is 8.66. The van der Waals surface area contributed by atoms with Crippen molar-refractivity contribution < 1.29 is 22.4 Å². The van der Waals surface area contributed by atoms with Gasteiger partial charge < -0.3 is 9.80 Å². The third-order valence-electron chi connectivity index (χ3n) is 4.92. The Morgan fingerprint density at radius 1 is 1.31 bits per heavy atom. The van der Waals surface area contributed by atoms with Crippen molar-refractivity contribution in [2.45, 2.75) is 25.2 Å². The molecule has 1 atom stereocenters. The van der Waals surface area contributed by atoms with Gasteiger partial charge in [-0.1, -0.05) is 17.7 Å². The molecule has 1 aliphatic heterocycles. The molecule has 29 heavy (non-hydrogen) atoms. The van der Waals surface area contributed by atoms with Gasteiger partial charge in [-0.05, 0) is 30.3 Å². The summed E-state index contributed by atoms with van der Waals surface area (Å²) in [4.78, 5) is 15.0. The maximum Gasteiger partial charge on any atom is 0.416 e. The second-order valence-electron chi connectivity index (χ2n) is 6.80. The van der Waals surface area contributed by atoms with Crippen LogP contribution in [0, 0.1) is 17.1 Å². The highest BCUT2D eigenvalue weighted by Crippen LogP contribution is 2.36. The van der Waals surface area contributed by atoms with E-state index in [1.165, 1.54) is 28.0 Å². The highest BCUT2D eigenvalue weighted by molar-refractivity contribution is 6.32. The van der Waals surface area contributed by atoms with Crippen LogP contribution in [0.2, 0.25) is 5.02 Å². The fraction of sp³-hybridized carbons (Fsp3) is 0.300. The molecule has 0 unspecified atom stereocenters. The Hall–Kier alpha value is -2.79. The maximum atomic E-state index is 14.4. The van der Waals surface area contributed by atoms with Crippen molar-refractivity contribution >= 4 is 23.2 Å². The lowest BCUT2D eigenvalue weighted by atomic mass is 10.0. The molecule has 4 nitrogen and oxygen atoms in total. The fourth-order valence-electron chi connectivity index (χ4n) is 3.41. The standard InChI is InChI=1S/C20H16ClF4N3O/c1-27-10-14(8-19(27)29)28(13-6-5-12(9-26)17(21)7-13)11-15-16(20(23,24)25)3-2-4-18(15)22/h2-7,14H,8,10-11H2,1H3/t14-/m0/s1. The summed E-state index contributed by atoms with van der Waals surface area (Å²) in [6.07, 6.45) is -4.66. The van der Waals surface area contributed by atoms with Gasteiger partial charge in [-0.15, -0.1) is 0 Å². The third kappa shape index (κ3) is 4.30. The SMILES string of the molecule is CN1C[C@@H](N(Cc2c(F)cccc2C(F)(F)F)c2ccc(C#N)c(Cl)c2)CC1=O. The van der Waals surface area contributed by atoms with Crippen molar-refractivity contribution in [1.29, 1.82) is 5.26 Å². The number of likely N-dealkylation sites (tertiary alicyclic amines) is 1. The number of benzene rings is 2. The van der Waals surface area contributed by atoms with Gasteiger partial charge in [0.05, 0.1) is 22.2 Å². The molecule has 1 amide bonds. The van der Waals surface area contributed by atoms with Crippen molar-refractivity contribution in [2.24, 2.45) is 0 Å². The van der Waals surface area contributed by atoms with Gasteiger partial charge in [0, 0.05) is 37.8 Å². The molecule has 3 rings (SSSR count). The molecule has 0 spiro atoms. The second kappa shape index (κ2) is 7.91. The Bertz CT molecular complexity index is 987. The van der Waals surface area contributed by atoms with Gasteiger partial charge in [0.15, 0.2) is 0 Å². The van der Waals surface area contributed by atoms with Crippen molar-refractivity contribution in [3.05, 3.63) is 63.9 Å². The molecule has 1 heterocycles. The zero-order chi connectivity index (χ0) is 21.3. The van der Waals surface area contributed by atoms with Gasteiger partial charge in [0.25, 0.3) is 0 Å². The van der Waals surface area contributed by atoms with Gasteiger partial charge in [0.1, 0.15) is 11.9 Å². The Balaban J connectivity index is 2.07. The van der Waals surface area contributed by atoms with Crippen LogP contribution in [0.4, 0.5) is 23.2 Å². The fourth-order valence-corrected chi connectivity index (χ4v) is 3.63. The minimum absolute atomic E-state index is 0.0733. The van der Waals surface area contributed by atoms with Crippen molar-refractivity contribution in [2.75, 3.05) is 18.5 Å². The normalized spacial score (nSPS) is 16.8. The lowest BCUT2D eigenvalue weighted by Crippen LogP contribution is -2.37. The molecule has 0 aromatic heterocycles. The second-order valence-corrected chi connectivity index (χ2v) is 7.21. The van der Waals surface area contributed by atoms with E-state index in [1.54, 1.807) is 7.05 Å². The number of halogens is 5. The molecule has 9 heteroatoms. The number of nitrogens with zero attached hydrogens (tertiary/aromatic N) is 3. The van der Waals surface area contributed by atoms with E-state index in [0.29, 0.717) is 5.69 Å². The van der Waals surface area contributed by atoms with Gasteiger partial charge in [0.2, 0.25) is 5.91 Å². The zero-order valence-corrected chi connectivity index (χ0v) is 16.1. The lowest BCUT2D eigenvalue weighted by molar-refractivity contribution is -0.138. The summed E-state index contributed by atoms with van der Waals surface area (Å²) in [5.41, 5.74) is -0.974. The summed E-state index contributed by atoms with van der Waals surface area (Å²) < 4.78 is 54.7. The zero-order valence-electron chi connectivity index (χ0n) is 15.3. The first kappa shape index (κ1) is 20.9. The molecular formula is C20H16ClF4N3O. The molecule has 2 aromatic rings. The number of alkyl halides is 3. The molecular weight excluding hydrogens is 410 g/mol. The molecule has 0 aliphatic carbocycles. The molecule has 1 fully saturated rings. The number of likely N-dealkylation sites (N-methyl/N-ethyl adjacent to an activating group) is 1. The van der Waals surface area contributed by atoms with E-state index in [9.17, 15) is 22.4 Å². The number of hydrogen-bond donors (Lipinski definition) is 0. The molecule has 0 bridgehead atoms. The van der Waals surface area contributed by atoms with Crippen LogP contribution in [0.5, 0.6) is 0 Å².